The van der Waals surface area contributed by atoms with Crippen molar-refractivity contribution in [3.05, 3.63) is 35.4 Å². The molecule has 0 aliphatic heterocycles. The van der Waals surface area contributed by atoms with Crippen LogP contribution in [0.5, 0.6) is 0 Å². The van der Waals surface area contributed by atoms with Crippen molar-refractivity contribution in [1.29, 1.82) is 0 Å². The maximum Gasteiger partial charge on any atom is 0.0383 e. The van der Waals surface area contributed by atoms with Crippen molar-refractivity contribution in [2.24, 2.45) is 0 Å². The zero-order valence-corrected chi connectivity index (χ0v) is 11.4. The lowest BCUT2D eigenvalue weighted by Crippen LogP contribution is -2.30. The van der Waals surface area contributed by atoms with Crippen LogP contribution in [0.1, 0.15) is 36.8 Å². The maximum atomic E-state index is 11.1. The third-order valence-electron chi connectivity index (χ3n) is 3.14. The van der Waals surface area contributed by atoms with E-state index in [1.165, 1.54) is 24.0 Å². The van der Waals surface area contributed by atoms with Crippen LogP contribution in [-0.4, -0.2) is 22.3 Å². The van der Waals surface area contributed by atoms with E-state index in [9.17, 15) is 4.21 Å². The molecular formula is C14H21NOS. The molecule has 1 aromatic carbocycles. The van der Waals surface area contributed by atoms with Crippen molar-refractivity contribution < 1.29 is 4.21 Å². The minimum Gasteiger partial charge on any atom is -0.309 e. The summed E-state index contributed by atoms with van der Waals surface area (Å²) in [5, 5.41) is 3.42. The highest BCUT2D eigenvalue weighted by Crippen LogP contribution is 2.40. The SMILES string of the molecule is CC(CS(C)=O)NCc1cccc(C2CC2)c1. The molecular weight excluding hydrogens is 230 g/mol. The van der Waals surface area contributed by atoms with E-state index in [1.54, 1.807) is 6.26 Å². The second-order valence-corrected chi connectivity index (χ2v) is 6.52. The summed E-state index contributed by atoms with van der Waals surface area (Å²) in [6.45, 7) is 2.96. The Morgan fingerprint density at radius 1 is 1.47 bits per heavy atom. The molecule has 1 fully saturated rings. The van der Waals surface area contributed by atoms with Gasteiger partial charge in [-0.15, -0.1) is 0 Å². The third-order valence-corrected chi connectivity index (χ3v) is 4.11. The van der Waals surface area contributed by atoms with Gasteiger partial charge < -0.3 is 5.32 Å². The van der Waals surface area contributed by atoms with Crippen LogP contribution in [0.15, 0.2) is 24.3 Å². The number of hydrogen-bond acceptors (Lipinski definition) is 2. The summed E-state index contributed by atoms with van der Waals surface area (Å²) in [6.07, 6.45) is 4.45. The fourth-order valence-corrected chi connectivity index (χ4v) is 2.90. The van der Waals surface area contributed by atoms with E-state index in [4.69, 9.17) is 0 Å². The minimum absolute atomic E-state index is 0.311. The molecule has 3 heteroatoms. The standard InChI is InChI=1S/C14H21NOS/c1-11(10-17(2)16)15-9-12-4-3-5-14(8-12)13-6-7-13/h3-5,8,11,13,15H,6-7,9-10H2,1-2H3. The molecule has 1 saturated carbocycles. The van der Waals surface area contributed by atoms with E-state index in [-0.39, 0.29) is 0 Å². The molecule has 94 valence electrons. The van der Waals surface area contributed by atoms with Crippen molar-refractivity contribution in [2.75, 3.05) is 12.0 Å². The average molecular weight is 251 g/mol. The molecule has 0 radical (unpaired) electrons. The first-order chi connectivity index (χ1) is 8.15. The largest absolute Gasteiger partial charge is 0.309 e. The molecule has 0 saturated heterocycles. The number of nitrogens with one attached hydrogen (secondary N) is 1. The Morgan fingerprint density at radius 3 is 2.88 bits per heavy atom. The molecule has 2 rings (SSSR count). The average Bonchev–Trinajstić information content (AvgIpc) is 3.10. The molecule has 0 spiro atoms. The normalized spacial score (nSPS) is 18.9. The summed E-state index contributed by atoms with van der Waals surface area (Å²) in [7, 11) is -0.718. The molecule has 1 N–H and O–H groups in total. The lowest BCUT2D eigenvalue weighted by atomic mass is 10.1. The van der Waals surface area contributed by atoms with Crippen molar-refractivity contribution in [2.45, 2.75) is 38.3 Å². The van der Waals surface area contributed by atoms with Gasteiger partial charge in [-0.05, 0) is 36.8 Å². The van der Waals surface area contributed by atoms with Crippen LogP contribution in [0.4, 0.5) is 0 Å². The summed E-state index contributed by atoms with van der Waals surface area (Å²) in [4.78, 5) is 0. The van der Waals surface area contributed by atoms with Gasteiger partial charge in [0.2, 0.25) is 0 Å². The first-order valence-corrected chi connectivity index (χ1v) is 8.00. The Labute approximate surface area is 106 Å². The van der Waals surface area contributed by atoms with Crippen LogP contribution in [-0.2, 0) is 17.3 Å². The quantitative estimate of drug-likeness (QED) is 0.841. The summed E-state index contributed by atoms with van der Waals surface area (Å²) < 4.78 is 11.1. The molecule has 2 atom stereocenters. The van der Waals surface area contributed by atoms with Gasteiger partial charge in [0.05, 0.1) is 0 Å². The number of rotatable bonds is 6. The first kappa shape index (κ1) is 12.8. The predicted molar refractivity (Wildman–Crippen MR) is 73.7 cm³/mol. The highest BCUT2D eigenvalue weighted by atomic mass is 32.2. The van der Waals surface area contributed by atoms with Crippen LogP contribution in [0.3, 0.4) is 0 Å². The Morgan fingerprint density at radius 2 is 2.24 bits per heavy atom. The van der Waals surface area contributed by atoms with Crippen molar-refractivity contribution in [3.8, 4) is 0 Å². The third kappa shape index (κ3) is 4.25. The molecule has 0 amide bonds. The van der Waals surface area contributed by atoms with E-state index in [0.717, 1.165) is 18.2 Å². The minimum atomic E-state index is -0.718. The smallest absolute Gasteiger partial charge is 0.0383 e. The van der Waals surface area contributed by atoms with Crippen LogP contribution in [0, 0.1) is 0 Å². The second kappa shape index (κ2) is 5.78. The summed E-state index contributed by atoms with van der Waals surface area (Å²) >= 11 is 0. The van der Waals surface area contributed by atoms with Crippen molar-refractivity contribution >= 4 is 10.8 Å². The molecule has 2 unspecified atom stereocenters. The number of benzene rings is 1. The van der Waals surface area contributed by atoms with Gasteiger partial charge in [0.15, 0.2) is 0 Å². The van der Waals surface area contributed by atoms with Crippen LogP contribution in [0.2, 0.25) is 0 Å². The van der Waals surface area contributed by atoms with Gasteiger partial charge in [-0.2, -0.15) is 0 Å². The summed E-state index contributed by atoms with van der Waals surface area (Å²) in [5.74, 6) is 1.54. The van der Waals surface area contributed by atoms with Gasteiger partial charge in [-0.1, -0.05) is 24.3 Å². The van der Waals surface area contributed by atoms with E-state index in [0.29, 0.717) is 6.04 Å². The molecule has 0 heterocycles. The number of hydrogen-bond donors (Lipinski definition) is 1. The maximum absolute atomic E-state index is 11.1. The van der Waals surface area contributed by atoms with Crippen molar-refractivity contribution in [1.82, 2.24) is 5.32 Å². The monoisotopic (exact) mass is 251 g/mol. The van der Waals surface area contributed by atoms with Crippen LogP contribution < -0.4 is 5.32 Å². The highest BCUT2D eigenvalue weighted by Gasteiger charge is 2.23. The molecule has 1 aliphatic carbocycles. The summed E-state index contributed by atoms with van der Waals surface area (Å²) in [5.41, 5.74) is 2.82. The van der Waals surface area contributed by atoms with E-state index in [1.807, 2.05) is 0 Å². The Bertz CT molecular complexity index is 401. The molecule has 2 nitrogen and oxygen atoms in total. The highest BCUT2D eigenvalue weighted by molar-refractivity contribution is 7.84. The molecule has 17 heavy (non-hydrogen) atoms. The molecule has 1 aromatic rings. The van der Waals surface area contributed by atoms with Gasteiger partial charge in [-0.25, -0.2) is 0 Å². The lowest BCUT2D eigenvalue weighted by molar-refractivity contribution is 0.587. The second-order valence-electron chi connectivity index (χ2n) is 5.04. The summed E-state index contributed by atoms with van der Waals surface area (Å²) in [6, 6.07) is 9.15. The molecule has 0 aromatic heterocycles. The van der Waals surface area contributed by atoms with E-state index < -0.39 is 10.8 Å². The van der Waals surface area contributed by atoms with Gasteiger partial charge in [0.25, 0.3) is 0 Å². The van der Waals surface area contributed by atoms with Crippen LogP contribution in [0.25, 0.3) is 0 Å². The van der Waals surface area contributed by atoms with E-state index in [2.05, 4.69) is 36.5 Å². The first-order valence-electron chi connectivity index (χ1n) is 6.27. The van der Waals surface area contributed by atoms with Gasteiger partial charge in [0.1, 0.15) is 0 Å². The lowest BCUT2D eigenvalue weighted by Gasteiger charge is -2.12. The molecule has 0 bridgehead atoms. The zero-order valence-electron chi connectivity index (χ0n) is 10.6. The van der Waals surface area contributed by atoms with Gasteiger partial charge in [0, 0.05) is 35.4 Å². The van der Waals surface area contributed by atoms with E-state index >= 15 is 0 Å². The predicted octanol–water partition coefficient (Wildman–Crippen LogP) is 2.42. The van der Waals surface area contributed by atoms with Crippen LogP contribution >= 0.6 is 0 Å². The zero-order chi connectivity index (χ0) is 12.3. The Kier molecular flexibility index (Phi) is 4.35. The Balaban J connectivity index is 1.85. The van der Waals surface area contributed by atoms with Gasteiger partial charge >= 0.3 is 0 Å². The Hall–Kier alpha value is -0.670. The van der Waals surface area contributed by atoms with Gasteiger partial charge in [-0.3, -0.25) is 4.21 Å². The van der Waals surface area contributed by atoms with Crippen molar-refractivity contribution in [3.63, 3.8) is 0 Å². The fraction of sp³-hybridized carbons (Fsp3) is 0.571. The topological polar surface area (TPSA) is 29.1 Å². The molecule has 1 aliphatic rings. The fourth-order valence-electron chi connectivity index (χ4n) is 2.08.